The van der Waals surface area contributed by atoms with Crippen molar-refractivity contribution in [1.82, 2.24) is 19.9 Å². The van der Waals surface area contributed by atoms with Crippen LogP contribution in [0, 0.1) is 23.0 Å². The van der Waals surface area contributed by atoms with Gasteiger partial charge in [-0.3, -0.25) is 4.90 Å². The number of pyridine rings is 1. The molecule has 3 aromatic heterocycles. The van der Waals surface area contributed by atoms with Crippen molar-refractivity contribution in [2.45, 2.75) is 50.8 Å². The van der Waals surface area contributed by atoms with Crippen molar-refractivity contribution < 1.29 is 35.8 Å². The van der Waals surface area contributed by atoms with Crippen LogP contribution in [-0.4, -0.2) is 64.9 Å². The minimum Gasteiger partial charge on any atom is -0.490 e. The van der Waals surface area contributed by atoms with Gasteiger partial charge in [0.25, 0.3) is 0 Å². The van der Waals surface area contributed by atoms with Crippen molar-refractivity contribution in [2.24, 2.45) is 0 Å². The minimum atomic E-state index is -5.24. The Bertz CT molecular complexity index is 2240. The van der Waals surface area contributed by atoms with E-state index in [-0.39, 0.29) is 69.8 Å². The average Bonchev–Trinajstić information content (AvgIpc) is 3.53. The number of likely N-dealkylation sites (tertiary alicyclic amines) is 1. The SMILES string of the molecule is C[C@H](Oc1nc2c3c(c(C(F)(F)F)c(-c4ccc(F)c5sc(N)c(C#N)c45)c(F)c3n1)OCCN2[C@H](C)c1cccnc1N)[C@@H]1C[C@@H](F)CN1C. The lowest BCUT2D eigenvalue weighted by atomic mass is 9.91. The Morgan fingerprint density at radius 1 is 1.14 bits per heavy atom. The number of hydrogen-bond donors (Lipinski definition) is 2. The summed E-state index contributed by atoms with van der Waals surface area (Å²) in [5.41, 5.74) is 8.86. The fourth-order valence-electron chi connectivity index (χ4n) is 7.14. The van der Waals surface area contributed by atoms with E-state index in [9.17, 15) is 9.65 Å². The van der Waals surface area contributed by atoms with Gasteiger partial charge in [-0.25, -0.2) is 18.2 Å². The van der Waals surface area contributed by atoms with E-state index in [2.05, 4.69) is 15.0 Å². The number of nitrogens with two attached hydrogens (primary N) is 2. The third kappa shape index (κ3) is 5.66. The molecule has 0 radical (unpaired) electrons. The molecule has 17 heteroatoms. The van der Waals surface area contributed by atoms with Gasteiger partial charge in [-0.2, -0.15) is 28.4 Å². The van der Waals surface area contributed by atoms with E-state index in [1.165, 1.54) is 6.20 Å². The Hall–Kier alpha value is -5.08. The molecule has 0 bridgehead atoms. The van der Waals surface area contributed by atoms with Gasteiger partial charge in [0.1, 0.15) is 64.2 Å². The summed E-state index contributed by atoms with van der Waals surface area (Å²) in [6.45, 7) is 3.23. The number of rotatable bonds is 6. The second-order valence-electron chi connectivity index (χ2n) is 12.6. The van der Waals surface area contributed by atoms with Gasteiger partial charge >= 0.3 is 12.2 Å². The quantitative estimate of drug-likeness (QED) is 0.176. The summed E-state index contributed by atoms with van der Waals surface area (Å²) < 4.78 is 104. The number of nitrogen functional groups attached to an aromatic ring is 2. The molecule has 4 atom stereocenters. The number of thiophene rings is 1. The van der Waals surface area contributed by atoms with Crippen molar-refractivity contribution in [2.75, 3.05) is 43.1 Å². The molecule has 2 aliphatic rings. The summed E-state index contributed by atoms with van der Waals surface area (Å²) in [5, 5.41) is 9.07. The van der Waals surface area contributed by atoms with Crippen LogP contribution in [0.1, 0.15) is 43.0 Å². The molecule has 7 rings (SSSR count). The van der Waals surface area contributed by atoms with Crippen LogP contribution in [0.25, 0.3) is 32.1 Å². The van der Waals surface area contributed by atoms with E-state index in [1.54, 1.807) is 42.8 Å². The van der Waals surface area contributed by atoms with Crippen LogP contribution < -0.4 is 25.8 Å². The molecule has 0 aliphatic carbocycles. The number of benzene rings is 2. The van der Waals surface area contributed by atoms with Crippen molar-refractivity contribution in [3.05, 3.63) is 58.8 Å². The first-order chi connectivity index (χ1) is 24.2. The van der Waals surface area contributed by atoms with Crippen LogP contribution in [-0.2, 0) is 6.18 Å². The summed E-state index contributed by atoms with van der Waals surface area (Å²) >= 11 is 0.660. The highest BCUT2D eigenvalue weighted by Gasteiger charge is 2.44. The molecule has 51 heavy (non-hydrogen) atoms. The predicted octanol–water partition coefficient (Wildman–Crippen LogP) is 7.01. The average molecular weight is 729 g/mol. The third-order valence-electron chi connectivity index (χ3n) is 9.51. The molecule has 10 nitrogen and oxygen atoms in total. The lowest BCUT2D eigenvalue weighted by molar-refractivity contribution is -0.138. The van der Waals surface area contributed by atoms with Crippen molar-refractivity contribution in [1.29, 1.82) is 5.26 Å². The molecular formula is C34H30F6N8O2S. The van der Waals surface area contributed by atoms with Gasteiger partial charge in [0, 0.05) is 35.3 Å². The standard InChI is InChI=1S/C34H30F6N8O2S/c1-14(17-5-4-8-44-30(17)42)48-9-10-49-28-24-27(45-33(46-32(24)48)50-15(2)21-11-16(35)13-47(21)3)26(37)23(25(28)34(38,39)40)18-6-7-20(36)29-22(18)19(12-41)31(43)51-29/h4-8,14-16,21H,9-11,13,43H2,1-3H3,(H2,42,44)/t14-,15+,16-,21+/m1/s1. The predicted molar refractivity (Wildman–Crippen MR) is 180 cm³/mol. The van der Waals surface area contributed by atoms with Crippen molar-refractivity contribution >= 4 is 49.0 Å². The summed E-state index contributed by atoms with van der Waals surface area (Å²) in [6, 6.07) is 5.58. The molecule has 0 unspecified atom stereocenters. The molecule has 2 aliphatic heterocycles. The number of ether oxygens (including phenoxy) is 2. The Morgan fingerprint density at radius 3 is 2.57 bits per heavy atom. The van der Waals surface area contributed by atoms with Crippen LogP contribution in [0.4, 0.5) is 43.0 Å². The zero-order valence-electron chi connectivity index (χ0n) is 27.4. The first kappa shape index (κ1) is 34.4. The zero-order valence-corrected chi connectivity index (χ0v) is 28.2. The van der Waals surface area contributed by atoms with Gasteiger partial charge in [-0.05, 0) is 45.0 Å². The van der Waals surface area contributed by atoms with E-state index in [4.69, 9.17) is 20.9 Å². The van der Waals surface area contributed by atoms with Gasteiger partial charge in [0.2, 0.25) is 0 Å². The highest BCUT2D eigenvalue weighted by Crippen LogP contribution is 2.54. The van der Waals surface area contributed by atoms with E-state index in [1.807, 2.05) is 6.07 Å². The Kier molecular flexibility index (Phi) is 8.49. The second kappa shape index (κ2) is 12.6. The van der Waals surface area contributed by atoms with Crippen LogP contribution in [0.5, 0.6) is 11.8 Å². The number of halogens is 6. The summed E-state index contributed by atoms with van der Waals surface area (Å²) in [4.78, 5) is 16.4. The maximum Gasteiger partial charge on any atom is 0.420 e. The van der Waals surface area contributed by atoms with E-state index in [0.717, 1.165) is 12.1 Å². The number of anilines is 3. The van der Waals surface area contributed by atoms with Crippen LogP contribution in [0.2, 0.25) is 0 Å². The van der Waals surface area contributed by atoms with Gasteiger partial charge < -0.3 is 25.8 Å². The van der Waals surface area contributed by atoms with Crippen LogP contribution in [0.3, 0.4) is 0 Å². The summed E-state index contributed by atoms with van der Waals surface area (Å²) in [5.74, 6) is -3.02. The highest BCUT2D eigenvalue weighted by atomic mass is 32.1. The summed E-state index contributed by atoms with van der Waals surface area (Å²) in [7, 11) is 1.73. The smallest absolute Gasteiger partial charge is 0.420 e. The number of likely N-dealkylation sites (N-methyl/N-ethyl adjacent to an activating group) is 1. The molecule has 1 saturated heterocycles. The molecule has 266 valence electrons. The van der Waals surface area contributed by atoms with Crippen LogP contribution in [0.15, 0.2) is 30.5 Å². The van der Waals surface area contributed by atoms with Gasteiger partial charge in [-0.1, -0.05) is 12.1 Å². The number of alkyl halides is 4. The molecule has 1 fully saturated rings. The molecular weight excluding hydrogens is 698 g/mol. The highest BCUT2D eigenvalue weighted by molar-refractivity contribution is 7.23. The lowest BCUT2D eigenvalue weighted by Gasteiger charge is -2.31. The maximum absolute atomic E-state index is 17.3. The lowest BCUT2D eigenvalue weighted by Crippen LogP contribution is -2.38. The fourth-order valence-corrected chi connectivity index (χ4v) is 8.09. The number of aromatic nitrogens is 3. The monoisotopic (exact) mass is 728 g/mol. The van der Waals surface area contributed by atoms with Crippen molar-refractivity contribution in [3.63, 3.8) is 0 Å². The zero-order chi connectivity index (χ0) is 36.5. The number of nitrogens with zero attached hydrogens (tertiary/aromatic N) is 6. The maximum atomic E-state index is 17.3. The molecule has 0 spiro atoms. The fraction of sp³-hybridized carbons (Fsp3) is 0.353. The van der Waals surface area contributed by atoms with Gasteiger partial charge in [0.15, 0.2) is 5.82 Å². The minimum absolute atomic E-state index is 0.0329. The van der Waals surface area contributed by atoms with Crippen LogP contribution >= 0.6 is 11.3 Å². The topological polar surface area (TPSA) is 139 Å². The van der Waals surface area contributed by atoms with Gasteiger partial charge in [-0.15, -0.1) is 11.3 Å². The molecule has 0 amide bonds. The largest absolute Gasteiger partial charge is 0.490 e. The molecule has 5 aromatic rings. The Morgan fingerprint density at radius 2 is 1.90 bits per heavy atom. The van der Waals surface area contributed by atoms with E-state index in [0.29, 0.717) is 16.9 Å². The third-order valence-corrected chi connectivity index (χ3v) is 10.5. The summed E-state index contributed by atoms with van der Waals surface area (Å²) in [6.07, 6.45) is -5.42. The molecule has 4 N–H and O–H groups in total. The van der Waals surface area contributed by atoms with E-state index >= 15 is 22.0 Å². The first-order valence-corrected chi connectivity index (χ1v) is 16.7. The van der Waals surface area contributed by atoms with Gasteiger partial charge in [0.05, 0.1) is 28.2 Å². The molecule has 0 saturated carbocycles. The normalized spacial score (nSPS) is 19.2. The molecule has 2 aromatic carbocycles. The first-order valence-electron chi connectivity index (χ1n) is 15.9. The number of nitriles is 1. The molecule has 5 heterocycles. The Labute approximate surface area is 291 Å². The Balaban J connectivity index is 1.55. The number of hydrogen-bond acceptors (Lipinski definition) is 11. The van der Waals surface area contributed by atoms with E-state index < -0.39 is 70.1 Å². The second-order valence-corrected chi connectivity index (χ2v) is 13.6. The number of fused-ring (bicyclic) bond motifs is 1. The van der Waals surface area contributed by atoms with Crippen molar-refractivity contribution in [3.8, 4) is 29.0 Å².